The molecule has 0 aromatic carbocycles. The van der Waals surface area contributed by atoms with Gasteiger partial charge in [0, 0.05) is 25.7 Å². The monoisotopic (exact) mass is 270 g/mol. The van der Waals surface area contributed by atoms with Crippen molar-refractivity contribution in [2.24, 2.45) is 5.92 Å². The number of hydrogen-bond donors (Lipinski definition) is 1. The average Bonchev–Trinajstić information content (AvgIpc) is 2.62. The van der Waals surface area contributed by atoms with E-state index in [1.54, 1.807) is 0 Å². The molecular weight excluding hydrogens is 236 g/mol. The Kier molecular flexibility index (Phi) is 8.67. The number of ether oxygens (including phenoxy) is 1. The van der Waals surface area contributed by atoms with Crippen LogP contribution in [-0.4, -0.2) is 50.3 Å². The molecule has 0 spiro atoms. The van der Waals surface area contributed by atoms with Crippen molar-refractivity contribution in [1.82, 2.24) is 10.2 Å². The van der Waals surface area contributed by atoms with Crippen LogP contribution in [-0.2, 0) is 4.74 Å². The van der Waals surface area contributed by atoms with Crippen LogP contribution in [0.15, 0.2) is 0 Å². The second kappa shape index (κ2) is 9.73. The van der Waals surface area contributed by atoms with Gasteiger partial charge >= 0.3 is 0 Å². The van der Waals surface area contributed by atoms with E-state index in [0.717, 1.165) is 25.7 Å². The normalized spacial score (nSPS) is 23.5. The summed E-state index contributed by atoms with van der Waals surface area (Å²) in [5.41, 5.74) is 0. The zero-order valence-electron chi connectivity index (χ0n) is 13.5. The number of methoxy groups -OCH3 is 1. The summed E-state index contributed by atoms with van der Waals surface area (Å²) in [6, 6.07) is 1.29. The summed E-state index contributed by atoms with van der Waals surface area (Å²) in [5, 5.41) is 3.61. The maximum atomic E-state index is 5.47. The molecule has 0 radical (unpaired) electrons. The molecule has 1 fully saturated rings. The third-order valence-electron chi connectivity index (χ3n) is 4.15. The van der Waals surface area contributed by atoms with E-state index in [1.807, 2.05) is 7.11 Å². The van der Waals surface area contributed by atoms with Gasteiger partial charge < -0.3 is 10.1 Å². The van der Waals surface area contributed by atoms with Gasteiger partial charge in [-0.15, -0.1) is 0 Å². The Labute approximate surface area is 120 Å². The first-order valence-electron chi connectivity index (χ1n) is 8.14. The topological polar surface area (TPSA) is 24.5 Å². The number of nitrogens with one attached hydrogen (secondary N) is 1. The largest absolute Gasteiger partial charge is 0.383 e. The molecule has 0 saturated carbocycles. The second-order valence-electron chi connectivity index (χ2n) is 6.31. The summed E-state index contributed by atoms with van der Waals surface area (Å²) in [4.78, 5) is 2.71. The zero-order chi connectivity index (χ0) is 14.1. The van der Waals surface area contributed by atoms with E-state index in [-0.39, 0.29) is 0 Å². The molecule has 19 heavy (non-hydrogen) atoms. The van der Waals surface area contributed by atoms with E-state index in [0.29, 0.717) is 12.0 Å². The molecule has 3 nitrogen and oxygen atoms in total. The molecule has 0 aromatic rings. The van der Waals surface area contributed by atoms with Crippen molar-refractivity contribution in [3.8, 4) is 0 Å². The van der Waals surface area contributed by atoms with Crippen LogP contribution in [0.3, 0.4) is 0 Å². The van der Waals surface area contributed by atoms with E-state index in [2.05, 4.69) is 31.0 Å². The lowest BCUT2D eigenvalue weighted by molar-refractivity contribution is 0.0596. The van der Waals surface area contributed by atoms with E-state index < -0.39 is 0 Å². The summed E-state index contributed by atoms with van der Waals surface area (Å²) < 4.78 is 5.47. The van der Waals surface area contributed by atoms with Crippen molar-refractivity contribution in [1.29, 1.82) is 0 Å². The molecule has 1 heterocycles. The lowest BCUT2D eigenvalue weighted by Gasteiger charge is -2.36. The molecule has 1 saturated heterocycles. The van der Waals surface area contributed by atoms with Crippen LogP contribution in [0.25, 0.3) is 0 Å². The molecule has 2 atom stereocenters. The first-order valence-corrected chi connectivity index (χ1v) is 8.14. The first-order chi connectivity index (χ1) is 9.19. The minimum atomic E-state index is 0.534. The summed E-state index contributed by atoms with van der Waals surface area (Å²) >= 11 is 0. The fourth-order valence-corrected chi connectivity index (χ4v) is 3.12. The van der Waals surface area contributed by atoms with Gasteiger partial charge in [0.1, 0.15) is 0 Å². The summed E-state index contributed by atoms with van der Waals surface area (Å²) in [6.07, 6.45) is 6.77. The fraction of sp³-hybridized carbons (Fsp3) is 1.00. The highest BCUT2D eigenvalue weighted by molar-refractivity contribution is 4.82. The lowest BCUT2D eigenvalue weighted by Crippen LogP contribution is -2.50. The van der Waals surface area contributed by atoms with Gasteiger partial charge in [-0.3, -0.25) is 4.90 Å². The Hall–Kier alpha value is -0.120. The standard InChI is InChI=1S/C16H34N2O/c1-5-15-9-7-6-8-10-18(15)16(13-19-4)12-17-11-14(2)3/h14-17H,5-13H2,1-4H3. The highest BCUT2D eigenvalue weighted by atomic mass is 16.5. The minimum absolute atomic E-state index is 0.534. The molecule has 2 unspecified atom stereocenters. The third kappa shape index (κ3) is 6.24. The quantitative estimate of drug-likeness (QED) is 0.734. The Morgan fingerprint density at radius 2 is 2.00 bits per heavy atom. The predicted octanol–water partition coefficient (Wildman–Crippen LogP) is 2.90. The van der Waals surface area contributed by atoms with Crippen molar-refractivity contribution in [3.63, 3.8) is 0 Å². The molecule has 1 aliphatic rings. The maximum Gasteiger partial charge on any atom is 0.0630 e. The van der Waals surface area contributed by atoms with E-state index >= 15 is 0 Å². The smallest absolute Gasteiger partial charge is 0.0630 e. The van der Waals surface area contributed by atoms with E-state index in [1.165, 1.54) is 38.6 Å². The van der Waals surface area contributed by atoms with Crippen LogP contribution in [0, 0.1) is 5.92 Å². The SMILES string of the molecule is CCC1CCCCCN1C(CNCC(C)C)COC. The van der Waals surface area contributed by atoms with Crippen LogP contribution in [0.5, 0.6) is 0 Å². The maximum absolute atomic E-state index is 5.47. The zero-order valence-corrected chi connectivity index (χ0v) is 13.5. The fourth-order valence-electron chi connectivity index (χ4n) is 3.12. The highest BCUT2D eigenvalue weighted by Gasteiger charge is 2.26. The molecule has 1 rings (SSSR count). The van der Waals surface area contributed by atoms with Crippen molar-refractivity contribution in [2.75, 3.05) is 33.4 Å². The van der Waals surface area contributed by atoms with Gasteiger partial charge in [-0.2, -0.15) is 0 Å². The molecule has 3 heteroatoms. The average molecular weight is 270 g/mol. The van der Waals surface area contributed by atoms with Crippen molar-refractivity contribution in [2.45, 2.75) is 65.0 Å². The molecule has 1 aliphatic heterocycles. The van der Waals surface area contributed by atoms with Crippen LogP contribution < -0.4 is 5.32 Å². The van der Waals surface area contributed by atoms with Gasteiger partial charge in [0.05, 0.1) is 6.61 Å². The molecule has 0 amide bonds. The lowest BCUT2D eigenvalue weighted by atomic mass is 10.1. The van der Waals surface area contributed by atoms with Crippen molar-refractivity contribution >= 4 is 0 Å². The molecule has 1 N–H and O–H groups in total. The van der Waals surface area contributed by atoms with Crippen LogP contribution in [0.4, 0.5) is 0 Å². The molecule has 0 aromatic heterocycles. The van der Waals surface area contributed by atoms with Crippen LogP contribution >= 0.6 is 0 Å². The first kappa shape index (κ1) is 16.9. The number of rotatable bonds is 8. The Balaban J connectivity index is 2.54. The van der Waals surface area contributed by atoms with Gasteiger partial charge in [-0.05, 0) is 38.3 Å². The number of nitrogens with zero attached hydrogens (tertiary/aromatic N) is 1. The molecule has 114 valence electrons. The van der Waals surface area contributed by atoms with Gasteiger partial charge in [0.2, 0.25) is 0 Å². The van der Waals surface area contributed by atoms with Crippen LogP contribution in [0.2, 0.25) is 0 Å². The third-order valence-corrected chi connectivity index (χ3v) is 4.15. The Morgan fingerprint density at radius 3 is 2.63 bits per heavy atom. The molecule has 0 aliphatic carbocycles. The number of hydrogen-bond acceptors (Lipinski definition) is 3. The van der Waals surface area contributed by atoms with Gasteiger partial charge in [0.25, 0.3) is 0 Å². The highest BCUT2D eigenvalue weighted by Crippen LogP contribution is 2.21. The van der Waals surface area contributed by atoms with E-state index in [4.69, 9.17) is 4.74 Å². The molecule has 0 bridgehead atoms. The van der Waals surface area contributed by atoms with Crippen LogP contribution in [0.1, 0.15) is 52.9 Å². The van der Waals surface area contributed by atoms with Gasteiger partial charge in [-0.1, -0.05) is 33.6 Å². The second-order valence-corrected chi connectivity index (χ2v) is 6.31. The predicted molar refractivity (Wildman–Crippen MR) is 82.6 cm³/mol. The van der Waals surface area contributed by atoms with Crippen molar-refractivity contribution in [3.05, 3.63) is 0 Å². The van der Waals surface area contributed by atoms with E-state index in [9.17, 15) is 0 Å². The Bertz CT molecular complexity index is 221. The van der Waals surface area contributed by atoms with Gasteiger partial charge in [0.15, 0.2) is 0 Å². The van der Waals surface area contributed by atoms with Crippen molar-refractivity contribution < 1.29 is 4.74 Å². The summed E-state index contributed by atoms with van der Waals surface area (Å²) in [7, 11) is 1.83. The summed E-state index contributed by atoms with van der Waals surface area (Å²) in [5.74, 6) is 0.717. The van der Waals surface area contributed by atoms with Gasteiger partial charge in [-0.25, -0.2) is 0 Å². The summed E-state index contributed by atoms with van der Waals surface area (Å²) in [6.45, 7) is 11.1. The Morgan fingerprint density at radius 1 is 1.21 bits per heavy atom. The number of likely N-dealkylation sites (tertiary alicyclic amines) is 1. The molecular formula is C16H34N2O. The minimum Gasteiger partial charge on any atom is -0.383 e.